The largest absolute Gasteiger partial charge is 0.479 e. The lowest BCUT2D eigenvalue weighted by Crippen LogP contribution is -2.61. The van der Waals surface area contributed by atoms with E-state index in [2.05, 4.69) is 10.8 Å². The van der Waals surface area contributed by atoms with Crippen molar-refractivity contribution in [3.8, 4) is 11.1 Å². The number of alkyl carbamates (subject to hydrolysis) is 1. The maximum absolute atomic E-state index is 12.7. The second-order valence-electron chi connectivity index (χ2n) is 7.76. The molecule has 9 nitrogen and oxygen atoms in total. The quantitative estimate of drug-likeness (QED) is 0.564. The zero-order valence-electron chi connectivity index (χ0n) is 17.3. The Labute approximate surface area is 184 Å². The minimum atomic E-state index is -1.31. The molecule has 1 aliphatic carbocycles. The predicted molar refractivity (Wildman–Crippen MR) is 113 cm³/mol. The average molecular weight is 440 g/mol. The van der Waals surface area contributed by atoms with Gasteiger partial charge in [0.25, 0.3) is 5.91 Å². The van der Waals surface area contributed by atoms with Crippen molar-refractivity contribution >= 4 is 18.0 Å². The van der Waals surface area contributed by atoms with E-state index in [1.54, 1.807) is 0 Å². The maximum atomic E-state index is 12.7. The number of benzene rings is 2. The second-order valence-corrected chi connectivity index (χ2v) is 7.76. The number of fused-ring (bicyclic) bond motifs is 3. The Balaban J connectivity index is 1.43. The molecule has 1 fully saturated rings. The van der Waals surface area contributed by atoms with Crippen LogP contribution in [0.4, 0.5) is 4.79 Å². The van der Waals surface area contributed by atoms with Crippen molar-refractivity contribution in [2.45, 2.75) is 24.3 Å². The van der Waals surface area contributed by atoms with Gasteiger partial charge in [0, 0.05) is 32.0 Å². The fraction of sp³-hybridized carbons (Fsp3) is 0.348. The summed E-state index contributed by atoms with van der Waals surface area (Å²) in [6, 6.07) is 16.0. The zero-order chi connectivity index (χ0) is 22.6. The fourth-order valence-electron chi connectivity index (χ4n) is 4.22. The first-order valence-corrected chi connectivity index (χ1v) is 10.3. The van der Waals surface area contributed by atoms with Crippen LogP contribution in [0.1, 0.15) is 29.9 Å². The molecule has 0 atom stereocenters. The molecule has 3 N–H and O–H groups in total. The zero-order valence-corrected chi connectivity index (χ0v) is 17.3. The molecule has 32 heavy (non-hydrogen) atoms. The summed E-state index contributed by atoms with van der Waals surface area (Å²) in [5.41, 5.74) is 5.21. The molecule has 2 aromatic rings. The van der Waals surface area contributed by atoms with Gasteiger partial charge in [0.2, 0.25) is 0 Å². The van der Waals surface area contributed by atoms with E-state index in [-0.39, 0.29) is 38.6 Å². The number of nitrogens with one attached hydrogen (secondary N) is 2. The van der Waals surface area contributed by atoms with E-state index < -0.39 is 30.1 Å². The van der Waals surface area contributed by atoms with Crippen LogP contribution in [-0.4, -0.2) is 55.0 Å². The summed E-state index contributed by atoms with van der Waals surface area (Å²) in [4.78, 5) is 40.7. The monoisotopic (exact) mass is 440 g/mol. The Morgan fingerprint density at radius 3 is 2.19 bits per heavy atom. The van der Waals surface area contributed by atoms with E-state index in [4.69, 9.17) is 19.4 Å². The Bertz CT molecular complexity index is 971. The highest BCUT2D eigenvalue weighted by Crippen LogP contribution is 2.44. The van der Waals surface area contributed by atoms with E-state index in [0.29, 0.717) is 0 Å². The molecule has 2 aliphatic rings. The molecule has 0 radical (unpaired) electrons. The number of rotatable bonds is 7. The third-order valence-corrected chi connectivity index (χ3v) is 5.83. The van der Waals surface area contributed by atoms with E-state index in [9.17, 15) is 14.4 Å². The molecule has 2 aromatic carbocycles. The summed E-state index contributed by atoms with van der Waals surface area (Å²) in [6.45, 7) is -0.0567. The molecule has 0 spiro atoms. The molecular formula is C23H24N2O7. The molecule has 0 saturated carbocycles. The smallest absolute Gasteiger partial charge is 0.408 e. The van der Waals surface area contributed by atoms with Crippen LogP contribution in [0.15, 0.2) is 48.5 Å². The Kier molecular flexibility index (Phi) is 6.38. The van der Waals surface area contributed by atoms with Gasteiger partial charge in [-0.25, -0.2) is 15.1 Å². The van der Waals surface area contributed by atoms with Crippen molar-refractivity contribution < 1.29 is 33.8 Å². The first-order chi connectivity index (χ1) is 15.5. The first-order valence-electron chi connectivity index (χ1n) is 10.3. The van der Waals surface area contributed by atoms with Gasteiger partial charge in [-0.1, -0.05) is 48.5 Å². The van der Waals surface area contributed by atoms with Gasteiger partial charge in [0.1, 0.15) is 12.1 Å². The van der Waals surface area contributed by atoms with E-state index in [1.165, 1.54) is 0 Å². The second kappa shape index (κ2) is 9.37. The van der Waals surface area contributed by atoms with Crippen LogP contribution in [0.3, 0.4) is 0 Å². The molecule has 0 aromatic heterocycles. The highest BCUT2D eigenvalue weighted by atomic mass is 16.7. The lowest BCUT2D eigenvalue weighted by atomic mass is 9.89. The third-order valence-electron chi connectivity index (χ3n) is 5.83. The molecule has 9 heteroatoms. The molecule has 0 unspecified atom stereocenters. The van der Waals surface area contributed by atoms with Crippen molar-refractivity contribution in [2.24, 2.45) is 0 Å². The van der Waals surface area contributed by atoms with Crippen LogP contribution < -0.4 is 10.8 Å². The first kappa shape index (κ1) is 21.8. The molecule has 4 rings (SSSR count). The number of hydrogen-bond donors (Lipinski definition) is 3. The molecular weight excluding hydrogens is 416 g/mol. The molecule has 1 aliphatic heterocycles. The van der Waals surface area contributed by atoms with Crippen LogP contribution >= 0.6 is 0 Å². The van der Waals surface area contributed by atoms with Gasteiger partial charge in [-0.15, -0.1) is 0 Å². The third kappa shape index (κ3) is 4.44. The highest BCUT2D eigenvalue weighted by Gasteiger charge is 2.42. The van der Waals surface area contributed by atoms with Gasteiger partial charge in [0.15, 0.2) is 6.61 Å². The predicted octanol–water partition coefficient (Wildman–Crippen LogP) is 2.21. The van der Waals surface area contributed by atoms with Crippen molar-refractivity contribution in [3.05, 3.63) is 59.7 Å². The van der Waals surface area contributed by atoms with Crippen LogP contribution in [0.5, 0.6) is 0 Å². The number of hydrogen-bond acceptors (Lipinski definition) is 6. The molecule has 1 heterocycles. The van der Waals surface area contributed by atoms with E-state index >= 15 is 0 Å². The van der Waals surface area contributed by atoms with Crippen LogP contribution in [-0.2, 0) is 23.9 Å². The summed E-state index contributed by atoms with van der Waals surface area (Å²) in [7, 11) is 0. The van der Waals surface area contributed by atoms with Crippen LogP contribution in [0.25, 0.3) is 11.1 Å². The van der Waals surface area contributed by atoms with Gasteiger partial charge in [-0.2, -0.15) is 0 Å². The summed E-state index contributed by atoms with van der Waals surface area (Å²) in [6.07, 6.45) is -0.319. The summed E-state index contributed by atoms with van der Waals surface area (Å²) >= 11 is 0. The van der Waals surface area contributed by atoms with Crippen molar-refractivity contribution in [1.29, 1.82) is 0 Å². The summed E-state index contributed by atoms with van der Waals surface area (Å²) in [5.74, 6) is -1.97. The topological polar surface area (TPSA) is 123 Å². The lowest BCUT2D eigenvalue weighted by molar-refractivity contribution is -0.153. The van der Waals surface area contributed by atoms with Gasteiger partial charge in [-0.3, -0.25) is 9.63 Å². The highest BCUT2D eigenvalue weighted by molar-refractivity contribution is 5.89. The fourth-order valence-corrected chi connectivity index (χ4v) is 4.22. The van der Waals surface area contributed by atoms with Crippen LogP contribution in [0.2, 0.25) is 0 Å². The van der Waals surface area contributed by atoms with E-state index in [0.717, 1.165) is 22.3 Å². The molecule has 1 saturated heterocycles. The number of aliphatic carboxylic acids is 1. The molecule has 168 valence electrons. The summed E-state index contributed by atoms with van der Waals surface area (Å²) in [5, 5.41) is 11.3. The maximum Gasteiger partial charge on any atom is 0.408 e. The number of carbonyl (C=O) groups is 3. The van der Waals surface area contributed by atoms with Crippen molar-refractivity contribution in [1.82, 2.24) is 10.8 Å². The number of carboxylic acids is 1. The minimum absolute atomic E-state index is 0.105. The van der Waals surface area contributed by atoms with Gasteiger partial charge in [-0.05, 0) is 22.3 Å². The number of carbonyl (C=O) groups excluding carboxylic acids is 2. The van der Waals surface area contributed by atoms with Gasteiger partial charge in [0.05, 0.1) is 0 Å². The number of amides is 2. The minimum Gasteiger partial charge on any atom is -0.479 e. The SMILES string of the molecule is O=C(O)CONC(=O)C1(NC(=O)OCC2c3ccccc3-c3ccccc32)CCOCC1. The number of ether oxygens (including phenoxy) is 2. The van der Waals surface area contributed by atoms with E-state index in [1.807, 2.05) is 48.5 Å². The number of hydroxylamine groups is 1. The van der Waals surface area contributed by atoms with Crippen molar-refractivity contribution in [3.63, 3.8) is 0 Å². The van der Waals surface area contributed by atoms with Gasteiger partial charge >= 0.3 is 12.1 Å². The Morgan fingerprint density at radius 2 is 1.59 bits per heavy atom. The normalized spacial score (nSPS) is 16.5. The molecule has 2 amide bonds. The van der Waals surface area contributed by atoms with Crippen molar-refractivity contribution in [2.75, 3.05) is 26.4 Å². The standard InChI is InChI=1S/C23H24N2O7/c26-20(27)14-32-25-21(28)23(9-11-30-12-10-23)24-22(29)31-13-19-17-7-3-1-5-15(17)16-6-2-4-8-18(16)19/h1-8,19H,9-14H2,(H,24,29)(H,25,28)(H,26,27). The Hall–Kier alpha value is -3.43. The average Bonchev–Trinajstić information content (AvgIpc) is 3.12. The van der Waals surface area contributed by atoms with Crippen LogP contribution in [0, 0.1) is 0 Å². The summed E-state index contributed by atoms with van der Waals surface area (Å²) < 4.78 is 10.9. The number of carboxylic acid groups (broad SMARTS) is 1. The lowest BCUT2D eigenvalue weighted by Gasteiger charge is -2.35. The molecule has 0 bridgehead atoms. The van der Waals surface area contributed by atoms with Gasteiger partial charge < -0.3 is 19.9 Å². The Morgan fingerprint density at radius 1 is 1.00 bits per heavy atom.